The van der Waals surface area contributed by atoms with Gasteiger partial charge in [0.15, 0.2) is 0 Å². The lowest BCUT2D eigenvalue weighted by atomic mass is 10.2. The van der Waals surface area contributed by atoms with Crippen molar-refractivity contribution in [3.63, 3.8) is 0 Å². The number of carbonyl (C=O) groups excluding carboxylic acids is 1. The summed E-state index contributed by atoms with van der Waals surface area (Å²) in [4.78, 5) is 11.1. The Kier molecular flexibility index (Phi) is 6.01. The number of hydrogen-bond acceptors (Lipinski definition) is 3. The molecule has 0 spiro atoms. The standard InChI is InChI=1S/C16H24O3Si/c1-6-14-12-15(10-11-16(14)18-13(5)17)19-20(7-2,8-3)9-4/h6,10-12H,1,7-9H2,2-5H3. The molecular formula is C16H24O3Si. The summed E-state index contributed by atoms with van der Waals surface area (Å²) in [5, 5.41) is 0. The van der Waals surface area contributed by atoms with Crippen LogP contribution in [-0.4, -0.2) is 14.3 Å². The van der Waals surface area contributed by atoms with E-state index in [-0.39, 0.29) is 5.97 Å². The molecular weight excluding hydrogens is 268 g/mol. The zero-order valence-electron chi connectivity index (χ0n) is 12.9. The maximum atomic E-state index is 11.1. The van der Waals surface area contributed by atoms with E-state index >= 15 is 0 Å². The Labute approximate surface area is 122 Å². The van der Waals surface area contributed by atoms with Gasteiger partial charge >= 0.3 is 5.97 Å². The van der Waals surface area contributed by atoms with Crippen LogP contribution < -0.4 is 9.16 Å². The average molecular weight is 292 g/mol. The molecule has 0 aliphatic carbocycles. The topological polar surface area (TPSA) is 35.5 Å². The summed E-state index contributed by atoms with van der Waals surface area (Å²) >= 11 is 0. The molecule has 0 unspecified atom stereocenters. The SMILES string of the molecule is C=Cc1cc(O[Si](CC)(CC)CC)ccc1OC(C)=O. The molecule has 110 valence electrons. The molecule has 1 aromatic carbocycles. The van der Waals surface area contributed by atoms with Crippen LogP contribution in [0.5, 0.6) is 11.5 Å². The highest BCUT2D eigenvalue weighted by Gasteiger charge is 2.30. The summed E-state index contributed by atoms with van der Waals surface area (Å²) < 4.78 is 11.4. The van der Waals surface area contributed by atoms with Crippen LogP contribution in [0.1, 0.15) is 33.3 Å². The molecule has 0 saturated heterocycles. The van der Waals surface area contributed by atoms with E-state index in [2.05, 4.69) is 27.4 Å². The first-order chi connectivity index (χ1) is 9.50. The van der Waals surface area contributed by atoms with Gasteiger partial charge in [-0.3, -0.25) is 4.79 Å². The molecule has 0 heterocycles. The molecule has 0 aliphatic heterocycles. The Morgan fingerprint density at radius 2 is 1.85 bits per heavy atom. The van der Waals surface area contributed by atoms with Gasteiger partial charge in [-0.25, -0.2) is 0 Å². The lowest BCUT2D eigenvalue weighted by Crippen LogP contribution is -2.39. The fourth-order valence-electron chi connectivity index (χ4n) is 2.21. The van der Waals surface area contributed by atoms with E-state index in [1.54, 1.807) is 12.1 Å². The summed E-state index contributed by atoms with van der Waals surface area (Å²) in [6.45, 7) is 11.7. The second-order valence-corrected chi connectivity index (χ2v) is 9.53. The van der Waals surface area contributed by atoms with E-state index in [0.29, 0.717) is 5.75 Å². The van der Waals surface area contributed by atoms with Gasteiger partial charge in [0.2, 0.25) is 8.32 Å². The van der Waals surface area contributed by atoms with Crippen LogP contribution in [0.3, 0.4) is 0 Å². The van der Waals surface area contributed by atoms with E-state index in [9.17, 15) is 4.79 Å². The van der Waals surface area contributed by atoms with Crippen LogP contribution in [0, 0.1) is 0 Å². The minimum Gasteiger partial charge on any atom is -0.543 e. The van der Waals surface area contributed by atoms with Crippen molar-refractivity contribution in [1.29, 1.82) is 0 Å². The monoisotopic (exact) mass is 292 g/mol. The largest absolute Gasteiger partial charge is 0.543 e. The van der Waals surface area contributed by atoms with Crippen molar-refractivity contribution in [2.24, 2.45) is 0 Å². The highest BCUT2D eigenvalue weighted by molar-refractivity contribution is 6.74. The van der Waals surface area contributed by atoms with Crippen LogP contribution in [0.25, 0.3) is 6.08 Å². The van der Waals surface area contributed by atoms with Gasteiger partial charge in [-0.15, -0.1) is 0 Å². The lowest BCUT2D eigenvalue weighted by molar-refractivity contribution is -0.131. The third kappa shape index (κ3) is 3.97. The minimum atomic E-state index is -1.69. The van der Waals surface area contributed by atoms with Crippen molar-refractivity contribution in [3.8, 4) is 11.5 Å². The first-order valence-electron chi connectivity index (χ1n) is 7.14. The van der Waals surface area contributed by atoms with E-state index in [1.165, 1.54) is 6.92 Å². The van der Waals surface area contributed by atoms with Crippen LogP contribution >= 0.6 is 0 Å². The molecule has 0 atom stereocenters. The third-order valence-corrected chi connectivity index (χ3v) is 8.26. The molecule has 3 nitrogen and oxygen atoms in total. The number of carbonyl (C=O) groups is 1. The van der Waals surface area contributed by atoms with Crippen molar-refractivity contribution in [1.82, 2.24) is 0 Å². The minimum absolute atomic E-state index is 0.332. The van der Waals surface area contributed by atoms with Crippen molar-refractivity contribution < 1.29 is 14.0 Å². The molecule has 20 heavy (non-hydrogen) atoms. The summed E-state index contributed by atoms with van der Waals surface area (Å²) in [6, 6.07) is 8.81. The Morgan fingerprint density at radius 1 is 1.25 bits per heavy atom. The predicted octanol–water partition coefficient (Wildman–Crippen LogP) is 4.64. The maximum absolute atomic E-state index is 11.1. The van der Waals surface area contributed by atoms with Gasteiger partial charge in [0, 0.05) is 12.5 Å². The Balaban J connectivity index is 3.03. The van der Waals surface area contributed by atoms with Crippen LogP contribution in [0.15, 0.2) is 24.8 Å². The molecule has 0 aliphatic rings. The molecule has 1 aromatic rings. The second-order valence-electron chi connectivity index (χ2n) is 4.84. The zero-order valence-corrected chi connectivity index (χ0v) is 13.9. The highest BCUT2D eigenvalue weighted by atomic mass is 28.4. The van der Waals surface area contributed by atoms with E-state index < -0.39 is 8.32 Å². The van der Waals surface area contributed by atoms with Crippen LogP contribution in [-0.2, 0) is 4.79 Å². The Morgan fingerprint density at radius 3 is 2.30 bits per heavy atom. The van der Waals surface area contributed by atoms with Crippen molar-refractivity contribution in [2.75, 3.05) is 0 Å². The molecule has 0 fully saturated rings. The maximum Gasteiger partial charge on any atom is 0.308 e. The molecule has 0 aromatic heterocycles. The zero-order chi connectivity index (χ0) is 15.2. The van der Waals surface area contributed by atoms with Gasteiger partial charge in [-0.1, -0.05) is 33.4 Å². The van der Waals surface area contributed by atoms with Gasteiger partial charge in [-0.2, -0.15) is 0 Å². The van der Waals surface area contributed by atoms with Gasteiger partial charge in [0.1, 0.15) is 11.5 Å². The van der Waals surface area contributed by atoms with Crippen molar-refractivity contribution in [3.05, 3.63) is 30.3 Å². The second kappa shape index (κ2) is 7.29. The van der Waals surface area contributed by atoms with Crippen LogP contribution in [0.2, 0.25) is 18.1 Å². The third-order valence-electron chi connectivity index (χ3n) is 3.72. The highest BCUT2D eigenvalue weighted by Crippen LogP contribution is 2.30. The molecule has 1 rings (SSSR count). The number of esters is 1. The molecule has 0 amide bonds. The van der Waals surface area contributed by atoms with Gasteiger partial charge < -0.3 is 9.16 Å². The summed E-state index contributed by atoms with van der Waals surface area (Å²) in [5.41, 5.74) is 0.781. The molecule has 0 radical (unpaired) electrons. The van der Waals surface area contributed by atoms with E-state index in [0.717, 1.165) is 29.4 Å². The first-order valence-corrected chi connectivity index (χ1v) is 9.67. The summed E-state index contributed by atoms with van der Waals surface area (Å²) in [7, 11) is -1.69. The number of hydrogen-bond donors (Lipinski definition) is 0. The van der Waals surface area contributed by atoms with Gasteiger partial charge in [0.25, 0.3) is 0 Å². The molecule has 0 N–H and O–H groups in total. The number of rotatable bonds is 7. The van der Waals surface area contributed by atoms with Crippen LogP contribution in [0.4, 0.5) is 0 Å². The number of benzene rings is 1. The lowest BCUT2D eigenvalue weighted by Gasteiger charge is -2.29. The average Bonchev–Trinajstić information content (AvgIpc) is 2.46. The van der Waals surface area contributed by atoms with Gasteiger partial charge in [-0.05, 0) is 36.3 Å². The summed E-state index contributed by atoms with van der Waals surface area (Å²) in [6.07, 6.45) is 1.68. The molecule has 0 saturated carbocycles. The van der Waals surface area contributed by atoms with E-state index in [4.69, 9.17) is 9.16 Å². The normalized spacial score (nSPS) is 11.0. The fourth-order valence-corrected chi connectivity index (χ4v) is 4.77. The number of ether oxygens (including phenoxy) is 1. The fraction of sp³-hybridized carbons (Fsp3) is 0.438. The van der Waals surface area contributed by atoms with E-state index in [1.807, 2.05) is 12.1 Å². The molecule has 0 bridgehead atoms. The molecule has 4 heteroatoms. The first kappa shape index (κ1) is 16.5. The summed E-state index contributed by atoms with van der Waals surface area (Å²) in [5.74, 6) is 1.03. The Hall–Kier alpha value is -1.55. The van der Waals surface area contributed by atoms with Crippen molar-refractivity contribution in [2.45, 2.75) is 45.8 Å². The van der Waals surface area contributed by atoms with Gasteiger partial charge in [0.05, 0.1) is 0 Å². The van der Waals surface area contributed by atoms with Crippen molar-refractivity contribution >= 4 is 20.4 Å². The Bertz CT molecular complexity index is 470. The quantitative estimate of drug-likeness (QED) is 0.417. The smallest absolute Gasteiger partial charge is 0.308 e. The predicted molar refractivity (Wildman–Crippen MR) is 85.7 cm³/mol.